The molecular formula is C20H19N3O2. The van der Waals surface area contributed by atoms with E-state index in [1.807, 2.05) is 66.7 Å². The minimum Gasteiger partial charge on any atom is -0.394 e. The van der Waals surface area contributed by atoms with E-state index in [1.54, 1.807) is 12.4 Å². The second-order valence-electron chi connectivity index (χ2n) is 5.60. The summed E-state index contributed by atoms with van der Waals surface area (Å²) in [6.45, 7) is -0.223. The number of aromatic nitrogens is 1. The summed E-state index contributed by atoms with van der Waals surface area (Å²) >= 11 is 0. The molecule has 1 aromatic heterocycles. The monoisotopic (exact) mass is 333 g/mol. The first kappa shape index (κ1) is 16.7. The van der Waals surface area contributed by atoms with Gasteiger partial charge in [0, 0.05) is 18.1 Å². The Balaban J connectivity index is 1.94. The predicted octanol–water partition coefficient (Wildman–Crippen LogP) is 3.37. The number of nitrogens with zero attached hydrogens (tertiary/aromatic N) is 2. The van der Waals surface area contributed by atoms with Crippen molar-refractivity contribution in [2.75, 3.05) is 11.5 Å². The van der Waals surface area contributed by atoms with Crippen LogP contribution in [0, 0.1) is 0 Å². The van der Waals surface area contributed by atoms with Gasteiger partial charge in [0.25, 0.3) is 0 Å². The maximum absolute atomic E-state index is 12.1. The first-order valence-electron chi connectivity index (χ1n) is 7.95. The van der Waals surface area contributed by atoms with Gasteiger partial charge in [0.05, 0.1) is 12.6 Å². The molecule has 3 N–H and O–H groups in total. The second-order valence-corrected chi connectivity index (χ2v) is 5.60. The number of benzene rings is 2. The first-order chi connectivity index (χ1) is 12.2. The van der Waals surface area contributed by atoms with E-state index >= 15 is 0 Å². The van der Waals surface area contributed by atoms with E-state index in [2.05, 4.69) is 4.98 Å². The number of urea groups is 1. The third kappa shape index (κ3) is 3.67. The Labute approximate surface area is 146 Å². The molecule has 25 heavy (non-hydrogen) atoms. The Morgan fingerprint density at radius 3 is 2.12 bits per heavy atom. The minimum atomic E-state index is -0.612. The molecule has 5 nitrogen and oxygen atoms in total. The molecule has 0 aliphatic heterocycles. The molecule has 2 aromatic carbocycles. The number of aliphatic hydroxyl groups is 1. The van der Waals surface area contributed by atoms with Gasteiger partial charge < -0.3 is 10.8 Å². The summed E-state index contributed by atoms with van der Waals surface area (Å²) in [5.41, 5.74) is 9.10. The highest BCUT2D eigenvalue weighted by Gasteiger charge is 2.24. The van der Waals surface area contributed by atoms with Crippen LogP contribution in [0.4, 0.5) is 10.5 Å². The molecule has 0 bridgehead atoms. The van der Waals surface area contributed by atoms with E-state index in [1.165, 1.54) is 4.90 Å². The summed E-state index contributed by atoms with van der Waals surface area (Å²) in [6.07, 6.45) is 3.46. The van der Waals surface area contributed by atoms with Crippen molar-refractivity contribution in [2.45, 2.75) is 6.04 Å². The Morgan fingerprint density at radius 1 is 0.960 bits per heavy atom. The van der Waals surface area contributed by atoms with E-state index in [-0.39, 0.29) is 6.61 Å². The topological polar surface area (TPSA) is 79.5 Å². The van der Waals surface area contributed by atoms with Gasteiger partial charge in [-0.05, 0) is 41.0 Å². The van der Waals surface area contributed by atoms with E-state index in [0.717, 1.165) is 16.7 Å². The minimum absolute atomic E-state index is 0.223. The number of carbonyl (C=O) groups excluding carboxylic acids is 1. The van der Waals surface area contributed by atoms with Crippen LogP contribution in [0.1, 0.15) is 11.6 Å². The second kappa shape index (κ2) is 7.59. The van der Waals surface area contributed by atoms with E-state index in [4.69, 9.17) is 5.73 Å². The third-order valence-corrected chi connectivity index (χ3v) is 4.07. The molecule has 0 unspecified atom stereocenters. The van der Waals surface area contributed by atoms with Crippen LogP contribution in [0.2, 0.25) is 0 Å². The molecule has 126 valence electrons. The van der Waals surface area contributed by atoms with E-state index in [0.29, 0.717) is 5.69 Å². The highest BCUT2D eigenvalue weighted by Crippen LogP contribution is 2.29. The molecule has 0 fully saturated rings. The van der Waals surface area contributed by atoms with Crippen LogP contribution >= 0.6 is 0 Å². The normalized spacial score (nSPS) is 11.7. The van der Waals surface area contributed by atoms with Crippen molar-refractivity contribution in [1.82, 2.24) is 4.98 Å². The largest absolute Gasteiger partial charge is 0.394 e. The number of hydrogen-bond acceptors (Lipinski definition) is 3. The van der Waals surface area contributed by atoms with Gasteiger partial charge in [-0.1, -0.05) is 42.5 Å². The van der Waals surface area contributed by atoms with Gasteiger partial charge >= 0.3 is 6.03 Å². The first-order valence-corrected chi connectivity index (χ1v) is 7.95. The number of rotatable bonds is 5. The summed E-state index contributed by atoms with van der Waals surface area (Å²) in [5, 5.41) is 9.84. The summed E-state index contributed by atoms with van der Waals surface area (Å²) in [5.74, 6) is 0. The summed E-state index contributed by atoms with van der Waals surface area (Å²) in [7, 11) is 0. The van der Waals surface area contributed by atoms with Gasteiger partial charge in [-0.3, -0.25) is 9.88 Å². The SMILES string of the molecule is NC(=O)N(c1ccc(-c2ccncc2)cc1)[C@H](CO)c1ccccc1. The number of carbonyl (C=O) groups is 1. The van der Waals surface area contributed by atoms with Crippen molar-refractivity contribution in [3.8, 4) is 11.1 Å². The zero-order chi connectivity index (χ0) is 17.6. The molecule has 0 saturated carbocycles. The van der Waals surface area contributed by atoms with Crippen LogP contribution < -0.4 is 10.6 Å². The molecule has 1 heterocycles. The Bertz CT molecular complexity index is 821. The van der Waals surface area contributed by atoms with E-state index in [9.17, 15) is 9.90 Å². The number of primary amides is 1. The molecule has 0 radical (unpaired) electrons. The van der Waals surface area contributed by atoms with Crippen LogP contribution in [0.5, 0.6) is 0 Å². The Morgan fingerprint density at radius 2 is 1.56 bits per heavy atom. The fourth-order valence-corrected chi connectivity index (χ4v) is 2.83. The van der Waals surface area contributed by atoms with Crippen LogP contribution in [0.3, 0.4) is 0 Å². The summed E-state index contributed by atoms with van der Waals surface area (Å²) in [6, 6.07) is 19.5. The van der Waals surface area contributed by atoms with Crippen LogP contribution in [0.15, 0.2) is 79.1 Å². The number of pyridine rings is 1. The molecule has 0 aliphatic carbocycles. The van der Waals surface area contributed by atoms with Gasteiger partial charge in [0.1, 0.15) is 0 Å². The molecular weight excluding hydrogens is 314 g/mol. The number of anilines is 1. The number of nitrogens with two attached hydrogens (primary N) is 1. The maximum Gasteiger partial charge on any atom is 0.319 e. The van der Waals surface area contributed by atoms with Crippen molar-refractivity contribution >= 4 is 11.7 Å². The Kier molecular flexibility index (Phi) is 5.06. The smallest absolute Gasteiger partial charge is 0.319 e. The number of amides is 2. The average molecular weight is 333 g/mol. The van der Waals surface area contributed by atoms with Gasteiger partial charge in [-0.15, -0.1) is 0 Å². The highest BCUT2D eigenvalue weighted by atomic mass is 16.3. The van der Waals surface area contributed by atoms with Crippen molar-refractivity contribution in [3.63, 3.8) is 0 Å². The Hall–Kier alpha value is -3.18. The van der Waals surface area contributed by atoms with E-state index < -0.39 is 12.1 Å². The maximum atomic E-state index is 12.1. The molecule has 3 rings (SSSR count). The molecule has 0 saturated heterocycles. The predicted molar refractivity (Wildman–Crippen MR) is 98.0 cm³/mol. The molecule has 0 aliphatic rings. The zero-order valence-corrected chi connectivity index (χ0v) is 13.6. The van der Waals surface area contributed by atoms with Gasteiger partial charge in [0.2, 0.25) is 0 Å². The molecule has 2 amide bonds. The standard InChI is InChI=1S/C20H19N3O2/c21-20(25)23(19(14-24)17-4-2-1-3-5-17)18-8-6-15(7-9-18)16-10-12-22-13-11-16/h1-13,19,24H,14H2,(H2,21,25)/t19-/m1/s1. The fraction of sp³-hybridized carbons (Fsp3) is 0.100. The average Bonchev–Trinajstić information content (AvgIpc) is 2.67. The summed E-state index contributed by atoms with van der Waals surface area (Å²) in [4.78, 5) is 17.5. The molecule has 3 aromatic rings. The van der Waals surface area contributed by atoms with Gasteiger partial charge in [-0.2, -0.15) is 0 Å². The van der Waals surface area contributed by atoms with Gasteiger partial charge in [-0.25, -0.2) is 4.79 Å². The lowest BCUT2D eigenvalue weighted by molar-refractivity contribution is 0.236. The molecule has 0 spiro atoms. The lowest BCUT2D eigenvalue weighted by Crippen LogP contribution is -2.40. The highest BCUT2D eigenvalue weighted by molar-refractivity contribution is 5.92. The van der Waals surface area contributed by atoms with Crippen molar-refractivity contribution < 1.29 is 9.90 Å². The van der Waals surface area contributed by atoms with Crippen LogP contribution in [0.25, 0.3) is 11.1 Å². The number of hydrogen-bond donors (Lipinski definition) is 2. The zero-order valence-electron chi connectivity index (χ0n) is 13.6. The molecule has 1 atom stereocenters. The number of aliphatic hydroxyl groups excluding tert-OH is 1. The lowest BCUT2D eigenvalue weighted by atomic mass is 10.0. The lowest BCUT2D eigenvalue weighted by Gasteiger charge is -2.29. The third-order valence-electron chi connectivity index (χ3n) is 4.07. The molecule has 5 heteroatoms. The van der Waals surface area contributed by atoms with Crippen molar-refractivity contribution in [1.29, 1.82) is 0 Å². The summed E-state index contributed by atoms with van der Waals surface area (Å²) < 4.78 is 0. The quantitative estimate of drug-likeness (QED) is 0.751. The van der Waals surface area contributed by atoms with Crippen LogP contribution in [-0.2, 0) is 0 Å². The van der Waals surface area contributed by atoms with Crippen molar-refractivity contribution in [2.24, 2.45) is 5.73 Å². The van der Waals surface area contributed by atoms with Crippen molar-refractivity contribution in [3.05, 3.63) is 84.7 Å². The van der Waals surface area contributed by atoms with Crippen LogP contribution in [-0.4, -0.2) is 22.7 Å². The fourth-order valence-electron chi connectivity index (χ4n) is 2.83. The van der Waals surface area contributed by atoms with Gasteiger partial charge in [0.15, 0.2) is 0 Å².